The van der Waals surface area contributed by atoms with Crippen molar-refractivity contribution in [1.29, 1.82) is 0 Å². The SMILES string of the molecule is O=C(O)C(Cc1ccccc1)c1ccc([N+](=O)[O-])cc1Br. The lowest BCUT2D eigenvalue weighted by molar-refractivity contribution is -0.384. The van der Waals surface area contributed by atoms with Crippen molar-refractivity contribution in [2.24, 2.45) is 0 Å². The first-order valence-corrected chi connectivity index (χ1v) is 6.99. The van der Waals surface area contributed by atoms with E-state index in [2.05, 4.69) is 15.9 Å². The highest BCUT2D eigenvalue weighted by molar-refractivity contribution is 9.10. The van der Waals surface area contributed by atoms with Crippen LogP contribution >= 0.6 is 15.9 Å². The molecule has 0 aliphatic carbocycles. The molecule has 0 amide bonds. The number of aliphatic carboxylic acids is 1. The lowest BCUT2D eigenvalue weighted by Crippen LogP contribution is -2.15. The molecule has 2 aromatic carbocycles. The summed E-state index contributed by atoms with van der Waals surface area (Å²) in [4.78, 5) is 21.7. The molecule has 1 atom stereocenters. The number of halogens is 1. The van der Waals surface area contributed by atoms with Gasteiger partial charge in [-0.05, 0) is 17.5 Å². The first kappa shape index (κ1) is 15.2. The zero-order chi connectivity index (χ0) is 15.4. The molecule has 0 aliphatic rings. The molecule has 0 aliphatic heterocycles. The number of nitrogens with zero attached hydrogens (tertiary/aromatic N) is 1. The number of nitro groups is 1. The van der Waals surface area contributed by atoms with Gasteiger partial charge in [0.25, 0.3) is 5.69 Å². The van der Waals surface area contributed by atoms with Crippen molar-refractivity contribution in [2.45, 2.75) is 12.3 Å². The maximum Gasteiger partial charge on any atom is 0.311 e. The summed E-state index contributed by atoms with van der Waals surface area (Å²) < 4.78 is 0.431. The van der Waals surface area contributed by atoms with Crippen LogP contribution in [0.4, 0.5) is 5.69 Å². The Balaban J connectivity index is 2.35. The van der Waals surface area contributed by atoms with Gasteiger partial charge in [-0.1, -0.05) is 52.3 Å². The fourth-order valence-corrected chi connectivity index (χ4v) is 2.74. The van der Waals surface area contributed by atoms with E-state index < -0.39 is 16.8 Å². The minimum Gasteiger partial charge on any atom is -0.481 e. The van der Waals surface area contributed by atoms with Crippen LogP contribution in [-0.4, -0.2) is 16.0 Å². The lowest BCUT2D eigenvalue weighted by Gasteiger charge is -2.14. The molecule has 0 fully saturated rings. The summed E-state index contributed by atoms with van der Waals surface area (Å²) in [6.45, 7) is 0. The van der Waals surface area contributed by atoms with E-state index in [-0.39, 0.29) is 5.69 Å². The van der Waals surface area contributed by atoms with Gasteiger partial charge in [0.05, 0.1) is 10.8 Å². The van der Waals surface area contributed by atoms with Crippen molar-refractivity contribution in [3.63, 3.8) is 0 Å². The van der Waals surface area contributed by atoms with Crippen molar-refractivity contribution < 1.29 is 14.8 Å². The lowest BCUT2D eigenvalue weighted by atomic mass is 9.92. The summed E-state index contributed by atoms with van der Waals surface area (Å²) in [5.41, 5.74) is 1.35. The van der Waals surface area contributed by atoms with Crippen LogP contribution in [0.3, 0.4) is 0 Å². The van der Waals surface area contributed by atoms with Crippen molar-refractivity contribution in [3.8, 4) is 0 Å². The summed E-state index contributed by atoms with van der Waals surface area (Å²) in [7, 11) is 0. The standard InChI is InChI=1S/C15H12BrNO4/c16-14-9-11(17(20)21)6-7-12(14)13(15(18)19)8-10-4-2-1-3-5-10/h1-7,9,13H,8H2,(H,18,19). The van der Waals surface area contributed by atoms with Gasteiger partial charge < -0.3 is 5.11 Å². The number of carboxylic acids is 1. The molecule has 1 N–H and O–H groups in total. The highest BCUT2D eigenvalue weighted by Crippen LogP contribution is 2.31. The number of carboxylic acid groups (broad SMARTS) is 1. The van der Waals surface area contributed by atoms with E-state index in [1.165, 1.54) is 18.2 Å². The van der Waals surface area contributed by atoms with Crippen LogP contribution in [-0.2, 0) is 11.2 Å². The second kappa shape index (κ2) is 6.49. The molecule has 2 aromatic rings. The highest BCUT2D eigenvalue weighted by Gasteiger charge is 2.24. The summed E-state index contributed by atoms with van der Waals surface area (Å²) in [6.07, 6.45) is 0.326. The molecule has 2 rings (SSSR count). The third-order valence-corrected chi connectivity index (χ3v) is 3.84. The number of nitro benzene ring substituents is 1. The van der Waals surface area contributed by atoms with Gasteiger partial charge in [0.2, 0.25) is 0 Å². The number of carbonyl (C=O) groups is 1. The Morgan fingerprint density at radius 2 is 1.90 bits per heavy atom. The number of rotatable bonds is 5. The molecule has 0 radical (unpaired) electrons. The third kappa shape index (κ3) is 3.66. The number of hydrogen-bond acceptors (Lipinski definition) is 3. The van der Waals surface area contributed by atoms with Crippen molar-refractivity contribution in [3.05, 3.63) is 74.2 Å². The van der Waals surface area contributed by atoms with Gasteiger partial charge in [0.1, 0.15) is 0 Å². The van der Waals surface area contributed by atoms with Crippen LogP contribution in [0.1, 0.15) is 17.0 Å². The number of hydrogen-bond donors (Lipinski definition) is 1. The maximum atomic E-state index is 11.5. The average molecular weight is 350 g/mol. The van der Waals surface area contributed by atoms with Gasteiger partial charge in [0, 0.05) is 16.6 Å². The Kier molecular flexibility index (Phi) is 4.70. The molecule has 21 heavy (non-hydrogen) atoms. The minimum atomic E-state index is -0.964. The molecule has 0 heterocycles. The van der Waals surface area contributed by atoms with Gasteiger partial charge in [-0.2, -0.15) is 0 Å². The zero-order valence-corrected chi connectivity index (χ0v) is 12.5. The van der Waals surface area contributed by atoms with Crippen molar-refractivity contribution in [2.75, 3.05) is 0 Å². The van der Waals surface area contributed by atoms with Gasteiger partial charge in [-0.25, -0.2) is 0 Å². The van der Waals surface area contributed by atoms with E-state index in [0.29, 0.717) is 16.5 Å². The fourth-order valence-electron chi connectivity index (χ4n) is 2.09. The first-order valence-electron chi connectivity index (χ1n) is 6.19. The maximum absolute atomic E-state index is 11.5. The molecule has 1 unspecified atom stereocenters. The van der Waals surface area contributed by atoms with Crippen molar-refractivity contribution in [1.82, 2.24) is 0 Å². The molecule has 6 heteroatoms. The van der Waals surface area contributed by atoms with E-state index >= 15 is 0 Å². The molecule has 0 saturated heterocycles. The second-order valence-corrected chi connectivity index (χ2v) is 5.40. The van der Waals surface area contributed by atoms with E-state index in [9.17, 15) is 20.0 Å². The zero-order valence-electron chi connectivity index (χ0n) is 10.9. The van der Waals surface area contributed by atoms with Gasteiger partial charge in [-0.3, -0.25) is 14.9 Å². The quantitative estimate of drug-likeness (QED) is 0.658. The fraction of sp³-hybridized carbons (Fsp3) is 0.133. The van der Waals surface area contributed by atoms with Crippen molar-refractivity contribution >= 4 is 27.6 Å². The molecular formula is C15H12BrNO4. The smallest absolute Gasteiger partial charge is 0.311 e. The molecule has 0 saturated carbocycles. The van der Waals surface area contributed by atoms with E-state index in [0.717, 1.165) is 5.56 Å². The molecule has 0 spiro atoms. The Labute approximate surface area is 129 Å². The van der Waals surface area contributed by atoms with E-state index in [1.54, 1.807) is 0 Å². The normalized spacial score (nSPS) is 11.9. The third-order valence-electron chi connectivity index (χ3n) is 3.15. The van der Waals surface area contributed by atoms with E-state index in [4.69, 9.17) is 0 Å². The Morgan fingerprint density at radius 1 is 1.24 bits per heavy atom. The largest absolute Gasteiger partial charge is 0.481 e. The van der Waals surface area contributed by atoms with Gasteiger partial charge in [-0.15, -0.1) is 0 Å². The first-order chi connectivity index (χ1) is 9.99. The monoisotopic (exact) mass is 349 g/mol. The highest BCUT2D eigenvalue weighted by atomic mass is 79.9. The topological polar surface area (TPSA) is 80.4 Å². The van der Waals surface area contributed by atoms with Gasteiger partial charge >= 0.3 is 5.97 Å². The molecule has 5 nitrogen and oxygen atoms in total. The second-order valence-electron chi connectivity index (χ2n) is 4.54. The summed E-state index contributed by atoms with van der Waals surface area (Å²) in [5, 5.41) is 20.2. The van der Waals surface area contributed by atoms with Crippen LogP contribution < -0.4 is 0 Å². The number of non-ortho nitro benzene ring substituents is 1. The van der Waals surface area contributed by atoms with E-state index in [1.807, 2.05) is 30.3 Å². The molecule has 108 valence electrons. The van der Waals surface area contributed by atoms with Gasteiger partial charge in [0.15, 0.2) is 0 Å². The van der Waals surface area contributed by atoms with Crippen LogP contribution in [0.2, 0.25) is 0 Å². The van der Waals surface area contributed by atoms with Crippen LogP contribution in [0.5, 0.6) is 0 Å². The predicted octanol–water partition coefficient (Wildman–Crippen LogP) is 3.77. The van der Waals surface area contributed by atoms with Crippen LogP contribution in [0.15, 0.2) is 53.0 Å². The van der Waals surface area contributed by atoms with Crippen LogP contribution in [0, 0.1) is 10.1 Å². The molecule has 0 bridgehead atoms. The molecular weight excluding hydrogens is 338 g/mol. The average Bonchev–Trinajstić information content (AvgIpc) is 2.46. The Bertz CT molecular complexity index is 673. The summed E-state index contributed by atoms with van der Waals surface area (Å²) in [5.74, 6) is -1.73. The predicted molar refractivity (Wildman–Crippen MR) is 81.3 cm³/mol. The summed E-state index contributed by atoms with van der Waals surface area (Å²) >= 11 is 3.23. The summed E-state index contributed by atoms with van der Waals surface area (Å²) in [6, 6.07) is 13.4. The van der Waals surface area contributed by atoms with Crippen LogP contribution in [0.25, 0.3) is 0 Å². The minimum absolute atomic E-state index is 0.0746. The Morgan fingerprint density at radius 3 is 2.43 bits per heavy atom. The molecule has 0 aromatic heterocycles. The number of benzene rings is 2. The Hall–Kier alpha value is -2.21.